The fourth-order valence-corrected chi connectivity index (χ4v) is 3.23. The molecule has 0 spiro atoms. The summed E-state index contributed by atoms with van der Waals surface area (Å²) in [7, 11) is 1.59. The van der Waals surface area contributed by atoms with Gasteiger partial charge in [0.1, 0.15) is 5.75 Å². The lowest BCUT2D eigenvalue weighted by Gasteiger charge is -2.22. The fraction of sp³-hybridized carbons (Fsp3) is 0.375. The molecule has 3 rings (SSSR count). The molecule has 1 amide bonds. The van der Waals surface area contributed by atoms with Crippen LogP contribution in [0, 0.1) is 0 Å². The van der Waals surface area contributed by atoms with Crippen LogP contribution in [-0.4, -0.2) is 36.3 Å². The van der Waals surface area contributed by atoms with Crippen LogP contribution >= 0.6 is 15.9 Å². The molecule has 2 heterocycles. The Bertz CT molecular complexity index is 695. The van der Waals surface area contributed by atoms with Crippen molar-refractivity contribution in [2.45, 2.75) is 18.8 Å². The molecule has 23 heavy (non-hydrogen) atoms. The van der Waals surface area contributed by atoms with Gasteiger partial charge in [0.2, 0.25) is 0 Å². The van der Waals surface area contributed by atoms with E-state index in [4.69, 9.17) is 4.74 Å². The first kappa shape index (κ1) is 16.0. The minimum atomic E-state index is -0.163. The zero-order valence-electron chi connectivity index (χ0n) is 12.9. The maximum Gasteiger partial charge on any atom is 0.259 e. The second-order valence-electron chi connectivity index (χ2n) is 5.54. The van der Waals surface area contributed by atoms with Crippen molar-refractivity contribution in [2.24, 2.45) is 0 Å². The molecule has 3 N–H and O–H groups in total. The standard InChI is InChI=1S/C16H19BrN4O2/c1-23-14-7-11(4-5-13(14)17)20-16(22)12-9-19-21-15(12)10-3-2-6-18-8-10/h4-5,7,9-10,18H,2-3,6,8H2,1H3,(H,19,21)(H,20,22). The number of hydrogen-bond acceptors (Lipinski definition) is 4. The average molecular weight is 379 g/mol. The number of nitrogens with zero attached hydrogens (tertiary/aromatic N) is 1. The number of piperidine rings is 1. The third kappa shape index (κ3) is 3.56. The van der Waals surface area contributed by atoms with Gasteiger partial charge < -0.3 is 15.4 Å². The second-order valence-corrected chi connectivity index (χ2v) is 6.40. The van der Waals surface area contributed by atoms with Crippen molar-refractivity contribution in [1.82, 2.24) is 15.5 Å². The number of amides is 1. The van der Waals surface area contributed by atoms with Gasteiger partial charge in [-0.25, -0.2) is 0 Å². The van der Waals surface area contributed by atoms with E-state index in [9.17, 15) is 4.79 Å². The number of hydrogen-bond donors (Lipinski definition) is 3. The summed E-state index contributed by atoms with van der Waals surface area (Å²) in [4.78, 5) is 12.6. The number of H-pyrrole nitrogens is 1. The molecule has 1 aromatic carbocycles. The molecule has 0 bridgehead atoms. The van der Waals surface area contributed by atoms with E-state index in [1.54, 1.807) is 19.4 Å². The zero-order chi connectivity index (χ0) is 16.2. The second kappa shape index (κ2) is 7.14. The fourth-order valence-electron chi connectivity index (χ4n) is 2.82. The van der Waals surface area contributed by atoms with Crippen molar-refractivity contribution in [2.75, 3.05) is 25.5 Å². The molecule has 1 fully saturated rings. The Morgan fingerprint density at radius 3 is 3.09 bits per heavy atom. The SMILES string of the molecule is COc1cc(NC(=O)c2cn[nH]c2C2CCCNC2)ccc1Br. The monoisotopic (exact) mass is 378 g/mol. The van der Waals surface area contributed by atoms with Crippen molar-refractivity contribution in [3.63, 3.8) is 0 Å². The third-order valence-electron chi connectivity index (χ3n) is 4.03. The van der Waals surface area contributed by atoms with Crippen molar-refractivity contribution in [1.29, 1.82) is 0 Å². The summed E-state index contributed by atoms with van der Waals surface area (Å²) in [6, 6.07) is 5.45. The van der Waals surface area contributed by atoms with Gasteiger partial charge in [0.15, 0.2) is 0 Å². The van der Waals surface area contributed by atoms with Gasteiger partial charge in [-0.1, -0.05) is 0 Å². The molecular weight excluding hydrogens is 360 g/mol. The van der Waals surface area contributed by atoms with Crippen LogP contribution in [0.25, 0.3) is 0 Å². The molecular formula is C16H19BrN4O2. The maximum absolute atomic E-state index is 12.6. The highest BCUT2D eigenvalue weighted by atomic mass is 79.9. The molecule has 7 heteroatoms. The molecule has 0 radical (unpaired) electrons. The first-order valence-corrected chi connectivity index (χ1v) is 8.37. The van der Waals surface area contributed by atoms with E-state index in [1.165, 1.54) is 0 Å². The maximum atomic E-state index is 12.6. The molecule has 0 aliphatic carbocycles. The Balaban J connectivity index is 1.77. The average Bonchev–Trinajstić information content (AvgIpc) is 3.07. The van der Waals surface area contributed by atoms with Gasteiger partial charge in [-0.3, -0.25) is 9.89 Å². The molecule has 6 nitrogen and oxygen atoms in total. The van der Waals surface area contributed by atoms with E-state index in [-0.39, 0.29) is 5.91 Å². The Morgan fingerprint density at radius 2 is 2.35 bits per heavy atom. The minimum Gasteiger partial charge on any atom is -0.495 e. The van der Waals surface area contributed by atoms with E-state index in [1.807, 2.05) is 12.1 Å². The predicted octanol–water partition coefficient (Wildman–Crippen LogP) is 2.90. The Labute approximate surface area is 143 Å². The Morgan fingerprint density at radius 1 is 1.48 bits per heavy atom. The number of carbonyl (C=O) groups is 1. The van der Waals surface area contributed by atoms with Crippen LogP contribution in [0.2, 0.25) is 0 Å². The third-order valence-corrected chi connectivity index (χ3v) is 4.68. The molecule has 1 atom stereocenters. The van der Waals surface area contributed by atoms with Gasteiger partial charge in [-0.15, -0.1) is 0 Å². The highest BCUT2D eigenvalue weighted by Gasteiger charge is 2.23. The number of halogens is 1. The largest absolute Gasteiger partial charge is 0.495 e. The number of carbonyl (C=O) groups excluding carboxylic acids is 1. The van der Waals surface area contributed by atoms with Gasteiger partial charge in [-0.05, 0) is 47.4 Å². The summed E-state index contributed by atoms with van der Waals surface area (Å²) in [6.45, 7) is 1.90. The van der Waals surface area contributed by atoms with Crippen molar-refractivity contribution < 1.29 is 9.53 Å². The lowest BCUT2D eigenvalue weighted by Crippen LogP contribution is -2.29. The van der Waals surface area contributed by atoms with Gasteiger partial charge >= 0.3 is 0 Å². The quantitative estimate of drug-likeness (QED) is 0.763. The number of aromatic nitrogens is 2. The van der Waals surface area contributed by atoms with E-state index < -0.39 is 0 Å². The topological polar surface area (TPSA) is 79.0 Å². The van der Waals surface area contributed by atoms with Crippen LogP contribution in [0.5, 0.6) is 5.75 Å². The number of anilines is 1. The van der Waals surface area contributed by atoms with Crippen LogP contribution in [-0.2, 0) is 0 Å². The van der Waals surface area contributed by atoms with E-state index in [0.29, 0.717) is 22.9 Å². The van der Waals surface area contributed by atoms with E-state index in [2.05, 4.69) is 36.8 Å². The summed E-state index contributed by atoms with van der Waals surface area (Å²) >= 11 is 3.40. The van der Waals surface area contributed by atoms with Crippen molar-refractivity contribution >= 4 is 27.5 Å². The summed E-state index contributed by atoms with van der Waals surface area (Å²) in [5.74, 6) is 0.807. The number of methoxy groups -OCH3 is 1. The van der Waals surface area contributed by atoms with Crippen LogP contribution in [0.3, 0.4) is 0 Å². The van der Waals surface area contributed by atoms with Gasteiger partial charge in [0.05, 0.1) is 29.0 Å². The molecule has 2 aromatic rings. The summed E-state index contributed by atoms with van der Waals surface area (Å²) in [5.41, 5.74) is 2.18. The van der Waals surface area contributed by atoms with E-state index in [0.717, 1.165) is 36.1 Å². The van der Waals surface area contributed by atoms with Crippen LogP contribution in [0.15, 0.2) is 28.9 Å². The van der Waals surface area contributed by atoms with Crippen LogP contribution in [0.1, 0.15) is 34.8 Å². The Kier molecular flexibility index (Phi) is 4.97. The molecule has 1 unspecified atom stereocenters. The smallest absolute Gasteiger partial charge is 0.259 e. The minimum absolute atomic E-state index is 0.163. The first-order valence-electron chi connectivity index (χ1n) is 7.58. The highest BCUT2D eigenvalue weighted by molar-refractivity contribution is 9.10. The van der Waals surface area contributed by atoms with E-state index >= 15 is 0 Å². The lowest BCUT2D eigenvalue weighted by molar-refractivity contribution is 0.102. The summed E-state index contributed by atoms with van der Waals surface area (Å²) in [6.07, 6.45) is 3.76. The summed E-state index contributed by atoms with van der Waals surface area (Å²) in [5, 5.41) is 13.3. The number of benzene rings is 1. The molecule has 1 aromatic heterocycles. The van der Waals surface area contributed by atoms with Crippen molar-refractivity contribution in [3.8, 4) is 5.75 Å². The molecule has 1 aliphatic heterocycles. The van der Waals surface area contributed by atoms with Crippen LogP contribution < -0.4 is 15.4 Å². The van der Waals surface area contributed by atoms with Gasteiger partial charge in [-0.2, -0.15) is 5.10 Å². The molecule has 1 aliphatic rings. The Hall–Kier alpha value is -1.86. The molecule has 1 saturated heterocycles. The van der Waals surface area contributed by atoms with Crippen molar-refractivity contribution in [3.05, 3.63) is 40.1 Å². The first-order chi connectivity index (χ1) is 11.2. The lowest BCUT2D eigenvalue weighted by atomic mass is 9.93. The molecule has 0 saturated carbocycles. The van der Waals surface area contributed by atoms with Gasteiger partial charge in [0.25, 0.3) is 5.91 Å². The number of nitrogens with one attached hydrogen (secondary N) is 3. The summed E-state index contributed by atoms with van der Waals surface area (Å²) < 4.78 is 6.09. The predicted molar refractivity (Wildman–Crippen MR) is 92.1 cm³/mol. The number of ether oxygens (including phenoxy) is 1. The zero-order valence-corrected chi connectivity index (χ0v) is 14.4. The molecule has 122 valence electrons. The van der Waals surface area contributed by atoms with Crippen LogP contribution in [0.4, 0.5) is 5.69 Å². The number of aromatic amines is 1. The van der Waals surface area contributed by atoms with Gasteiger partial charge in [0, 0.05) is 24.2 Å². The highest BCUT2D eigenvalue weighted by Crippen LogP contribution is 2.29. The normalized spacial score (nSPS) is 17.7. The number of rotatable bonds is 4.